The van der Waals surface area contributed by atoms with Crippen LogP contribution in [0.15, 0.2) is 23.0 Å². The van der Waals surface area contributed by atoms with Crippen molar-refractivity contribution in [3.8, 4) is 0 Å². The molecule has 3 aromatic rings. The van der Waals surface area contributed by atoms with Crippen LogP contribution >= 0.6 is 11.3 Å². The maximum Gasteiger partial charge on any atom is 0.266 e. The highest BCUT2D eigenvalue weighted by atomic mass is 32.1. The van der Waals surface area contributed by atoms with E-state index in [9.17, 15) is 14.0 Å². The summed E-state index contributed by atoms with van der Waals surface area (Å²) in [6.45, 7) is 4.15. The number of nitrogens with zero attached hydrogens (tertiary/aromatic N) is 3. The van der Waals surface area contributed by atoms with E-state index in [2.05, 4.69) is 10.2 Å². The number of thiophene rings is 1. The molecule has 0 atom stereocenters. The second kappa shape index (κ2) is 8.07. The fourth-order valence-electron chi connectivity index (χ4n) is 4.65. The van der Waals surface area contributed by atoms with Crippen LogP contribution in [0.3, 0.4) is 0 Å². The van der Waals surface area contributed by atoms with Gasteiger partial charge in [-0.25, -0.2) is 9.37 Å². The molecule has 2 aromatic heterocycles. The van der Waals surface area contributed by atoms with Gasteiger partial charge in [0.2, 0.25) is 0 Å². The van der Waals surface area contributed by atoms with Crippen LogP contribution in [-0.4, -0.2) is 28.5 Å². The summed E-state index contributed by atoms with van der Waals surface area (Å²) in [6.07, 6.45) is 5.95. The molecule has 6 nitrogen and oxygen atoms in total. The smallest absolute Gasteiger partial charge is 0.266 e. The van der Waals surface area contributed by atoms with Crippen molar-refractivity contribution in [3.63, 3.8) is 0 Å². The molecule has 2 aliphatic rings. The summed E-state index contributed by atoms with van der Waals surface area (Å²) in [4.78, 5) is 34.2. The van der Waals surface area contributed by atoms with Crippen molar-refractivity contribution >= 4 is 38.8 Å². The Bertz CT molecular complexity index is 1230. The molecule has 5 rings (SSSR count). The molecule has 0 radical (unpaired) electrons. The van der Waals surface area contributed by atoms with Crippen molar-refractivity contribution in [2.45, 2.75) is 52.0 Å². The Labute approximate surface area is 183 Å². The van der Waals surface area contributed by atoms with Crippen LogP contribution in [0.4, 0.5) is 15.8 Å². The molecular weight excluding hydrogens is 415 g/mol. The lowest BCUT2D eigenvalue weighted by Gasteiger charge is -2.21. The molecular formula is C23H25FN4O2S. The minimum Gasteiger partial charge on any atom is -0.370 e. The number of anilines is 2. The number of nitrogens with one attached hydrogen (secondary N) is 1. The first kappa shape index (κ1) is 20.2. The van der Waals surface area contributed by atoms with Gasteiger partial charge in [0, 0.05) is 26.1 Å². The van der Waals surface area contributed by atoms with Crippen LogP contribution in [0, 0.1) is 12.7 Å². The highest BCUT2D eigenvalue weighted by Crippen LogP contribution is 2.34. The number of amides is 1. The minimum atomic E-state index is -0.457. The van der Waals surface area contributed by atoms with E-state index in [4.69, 9.17) is 4.98 Å². The molecule has 1 amide bonds. The van der Waals surface area contributed by atoms with E-state index in [0.717, 1.165) is 57.4 Å². The number of carbonyl (C=O) groups excluding carboxylic acids is 1. The summed E-state index contributed by atoms with van der Waals surface area (Å²) < 4.78 is 16.5. The summed E-state index contributed by atoms with van der Waals surface area (Å²) in [5.74, 6) is -0.0549. The van der Waals surface area contributed by atoms with Crippen LogP contribution in [0.5, 0.6) is 0 Å². The van der Waals surface area contributed by atoms with Gasteiger partial charge in [0.25, 0.3) is 11.5 Å². The van der Waals surface area contributed by atoms with Gasteiger partial charge in [0.05, 0.1) is 16.0 Å². The standard InChI is InChI=1S/C23H25FN4O2S/c1-14-18-22(25-17-10-3-2-4-13-28(17)23(18)30)31-20(14)21(29)26-19-15(24)8-7-9-16(19)27-11-5-6-12-27/h7-9H,2-6,10-13H2,1H3,(H,26,29). The fraction of sp³-hybridized carbons (Fsp3) is 0.435. The lowest BCUT2D eigenvalue weighted by molar-refractivity contribution is 0.102. The predicted molar refractivity (Wildman–Crippen MR) is 122 cm³/mol. The summed E-state index contributed by atoms with van der Waals surface area (Å²) in [6, 6.07) is 4.87. The molecule has 1 N–H and O–H groups in total. The largest absolute Gasteiger partial charge is 0.370 e. The Hall–Kier alpha value is -2.74. The molecule has 31 heavy (non-hydrogen) atoms. The van der Waals surface area contributed by atoms with E-state index < -0.39 is 11.7 Å². The third-order valence-corrected chi connectivity index (χ3v) is 7.48. The van der Waals surface area contributed by atoms with E-state index >= 15 is 0 Å². The predicted octanol–water partition coefficient (Wildman–Crippen LogP) is 4.48. The molecule has 0 saturated carbocycles. The molecule has 4 heterocycles. The van der Waals surface area contributed by atoms with Crippen molar-refractivity contribution in [1.29, 1.82) is 0 Å². The highest BCUT2D eigenvalue weighted by Gasteiger charge is 2.25. The summed E-state index contributed by atoms with van der Waals surface area (Å²) >= 11 is 1.22. The molecule has 0 aliphatic carbocycles. The zero-order chi connectivity index (χ0) is 21.5. The Kier molecular flexibility index (Phi) is 5.25. The number of hydrogen-bond acceptors (Lipinski definition) is 5. The van der Waals surface area contributed by atoms with Gasteiger partial charge in [-0.2, -0.15) is 0 Å². The molecule has 1 fully saturated rings. The van der Waals surface area contributed by atoms with Gasteiger partial charge in [0.1, 0.15) is 22.2 Å². The Morgan fingerprint density at radius 3 is 2.71 bits per heavy atom. The van der Waals surface area contributed by atoms with Gasteiger partial charge in [-0.15, -0.1) is 11.3 Å². The van der Waals surface area contributed by atoms with Gasteiger partial charge in [-0.1, -0.05) is 12.5 Å². The van der Waals surface area contributed by atoms with Crippen LogP contribution < -0.4 is 15.8 Å². The normalized spacial score (nSPS) is 16.4. The summed E-state index contributed by atoms with van der Waals surface area (Å²) in [5.41, 5.74) is 1.45. The van der Waals surface area contributed by atoms with Crippen molar-refractivity contribution in [1.82, 2.24) is 9.55 Å². The molecule has 0 spiro atoms. The van der Waals surface area contributed by atoms with Crippen LogP contribution in [0.2, 0.25) is 0 Å². The number of hydrogen-bond donors (Lipinski definition) is 1. The average molecular weight is 441 g/mol. The fourth-order valence-corrected chi connectivity index (χ4v) is 5.74. The second-order valence-electron chi connectivity index (χ2n) is 8.31. The second-order valence-corrected chi connectivity index (χ2v) is 9.31. The maximum atomic E-state index is 14.7. The zero-order valence-electron chi connectivity index (χ0n) is 17.5. The van der Waals surface area contributed by atoms with E-state index in [0.29, 0.717) is 32.9 Å². The van der Waals surface area contributed by atoms with E-state index in [1.54, 1.807) is 17.6 Å². The van der Waals surface area contributed by atoms with Gasteiger partial charge in [-0.3, -0.25) is 14.2 Å². The first-order chi connectivity index (χ1) is 15.0. The lowest BCUT2D eigenvalue weighted by atomic mass is 10.2. The summed E-state index contributed by atoms with van der Waals surface area (Å²) in [5, 5.41) is 3.30. The average Bonchev–Trinajstić information content (AvgIpc) is 3.32. The number of halogens is 1. The minimum absolute atomic E-state index is 0.0710. The number of carbonyl (C=O) groups is 1. The monoisotopic (exact) mass is 440 g/mol. The molecule has 162 valence electrons. The van der Waals surface area contributed by atoms with Crippen molar-refractivity contribution < 1.29 is 9.18 Å². The van der Waals surface area contributed by atoms with Gasteiger partial charge >= 0.3 is 0 Å². The third kappa shape index (κ3) is 3.52. The molecule has 8 heteroatoms. The summed E-state index contributed by atoms with van der Waals surface area (Å²) in [7, 11) is 0. The number of para-hydroxylation sites is 1. The molecule has 2 aliphatic heterocycles. The Balaban J connectivity index is 1.54. The molecule has 1 saturated heterocycles. The van der Waals surface area contributed by atoms with E-state index in [1.165, 1.54) is 17.4 Å². The highest BCUT2D eigenvalue weighted by molar-refractivity contribution is 7.20. The third-order valence-electron chi connectivity index (χ3n) is 6.29. The number of rotatable bonds is 3. The quantitative estimate of drug-likeness (QED) is 0.652. The van der Waals surface area contributed by atoms with Crippen molar-refractivity contribution in [2.24, 2.45) is 0 Å². The van der Waals surface area contributed by atoms with Crippen LogP contribution in [-0.2, 0) is 13.0 Å². The van der Waals surface area contributed by atoms with Gasteiger partial charge in [0.15, 0.2) is 0 Å². The molecule has 1 aromatic carbocycles. The van der Waals surface area contributed by atoms with Crippen LogP contribution in [0.25, 0.3) is 10.2 Å². The first-order valence-electron chi connectivity index (χ1n) is 10.9. The van der Waals surface area contributed by atoms with E-state index in [1.807, 2.05) is 6.07 Å². The van der Waals surface area contributed by atoms with E-state index in [-0.39, 0.29) is 11.2 Å². The molecule has 0 bridgehead atoms. The topological polar surface area (TPSA) is 67.2 Å². The SMILES string of the molecule is Cc1c(C(=O)Nc2c(F)cccc2N2CCCC2)sc2nc3n(c(=O)c12)CCCCC3. The number of fused-ring (bicyclic) bond motifs is 2. The van der Waals surface area contributed by atoms with Crippen LogP contribution in [0.1, 0.15) is 53.2 Å². The number of benzene rings is 1. The van der Waals surface area contributed by atoms with Crippen molar-refractivity contribution in [2.75, 3.05) is 23.3 Å². The van der Waals surface area contributed by atoms with Crippen molar-refractivity contribution in [3.05, 3.63) is 50.6 Å². The number of aryl methyl sites for hydroxylation is 2. The Morgan fingerprint density at radius 2 is 1.90 bits per heavy atom. The van der Waals surface area contributed by atoms with Gasteiger partial charge in [-0.05, 0) is 50.3 Å². The molecule has 0 unspecified atom stereocenters. The first-order valence-corrected chi connectivity index (χ1v) is 11.7. The maximum absolute atomic E-state index is 14.7. The Morgan fingerprint density at radius 1 is 1.13 bits per heavy atom. The zero-order valence-corrected chi connectivity index (χ0v) is 18.4. The lowest BCUT2D eigenvalue weighted by Crippen LogP contribution is -2.24. The number of aromatic nitrogens is 2. The van der Waals surface area contributed by atoms with Gasteiger partial charge < -0.3 is 10.2 Å².